The first-order valence-electron chi connectivity index (χ1n) is 8.51. The predicted molar refractivity (Wildman–Crippen MR) is 95.9 cm³/mol. The summed E-state index contributed by atoms with van der Waals surface area (Å²) in [5.41, 5.74) is -1.78. The van der Waals surface area contributed by atoms with Crippen molar-refractivity contribution >= 4 is 22.0 Å². The van der Waals surface area contributed by atoms with E-state index in [-0.39, 0.29) is 26.0 Å². The quantitative estimate of drug-likeness (QED) is 0.710. The molecular formula is C18H21FN2O5S. The van der Waals surface area contributed by atoms with E-state index >= 15 is 4.39 Å². The molecule has 0 N–H and O–H groups in total. The molecule has 2 amide bonds. The van der Waals surface area contributed by atoms with E-state index < -0.39 is 39.8 Å². The number of alkyl halides is 1. The third-order valence-corrected chi connectivity index (χ3v) is 6.08. The number of hydrogen-bond acceptors (Lipinski definition) is 5. The number of likely N-dealkylation sites (tertiary alicyclic amines) is 1. The molecule has 146 valence electrons. The van der Waals surface area contributed by atoms with Crippen LogP contribution in [0.2, 0.25) is 0 Å². The average molecular weight is 396 g/mol. The Balaban J connectivity index is 1.85. The van der Waals surface area contributed by atoms with E-state index in [2.05, 4.69) is 6.58 Å². The molecular weight excluding hydrogens is 375 g/mol. The smallest absolute Gasteiger partial charge is 0.410 e. The van der Waals surface area contributed by atoms with Gasteiger partial charge in [0.2, 0.25) is 15.7 Å². The fourth-order valence-electron chi connectivity index (χ4n) is 3.86. The number of nitrogens with zero attached hydrogens (tertiary/aromatic N) is 2. The van der Waals surface area contributed by atoms with Crippen LogP contribution in [0.4, 0.5) is 9.18 Å². The van der Waals surface area contributed by atoms with Gasteiger partial charge < -0.3 is 4.74 Å². The van der Waals surface area contributed by atoms with Gasteiger partial charge in [0.1, 0.15) is 12.6 Å². The molecule has 1 aromatic rings. The van der Waals surface area contributed by atoms with Gasteiger partial charge in [0.05, 0.1) is 12.3 Å². The Bertz CT molecular complexity index is 860. The number of fused-ring (bicyclic) bond motifs is 1. The van der Waals surface area contributed by atoms with E-state index in [9.17, 15) is 18.0 Å². The van der Waals surface area contributed by atoms with Crippen LogP contribution in [0.3, 0.4) is 0 Å². The van der Waals surface area contributed by atoms with Crippen molar-refractivity contribution < 1.29 is 27.1 Å². The highest BCUT2D eigenvalue weighted by atomic mass is 32.2. The summed E-state index contributed by atoms with van der Waals surface area (Å²) in [6, 6.07) is 6.80. The Morgan fingerprint density at radius 1 is 1.41 bits per heavy atom. The highest BCUT2D eigenvalue weighted by molar-refractivity contribution is 7.89. The number of sulfonamides is 1. The zero-order valence-electron chi connectivity index (χ0n) is 14.9. The summed E-state index contributed by atoms with van der Waals surface area (Å²) >= 11 is 0. The molecule has 1 aromatic carbocycles. The van der Waals surface area contributed by atoms with E-state index in [1.807, 2.05) is 6.07 Å². The average Bonchev–Trinajstić information content (AvgIpc) is 3.12. The fraction of sp³-hybridized carbons (Fsp3) is 0.444. The number of benzene rings is 1. The summed E-state index contributed by atoms with van der Waals surface area (Å²) < 4.78 is 45.6. The Labute approximate surface area is 157 Å². The number of ether oxygens (including phenoxy) is 1. The number of hydrogen-bond donors (Lipinski definition) is 0. The van der Waals surface area contributed by atoms with Gasteiger partial charge in [-0.1, -0.05) is 36.4 Å². The van der Waals surface area contributed by atoms with Crippen LogP contribution in [-0.2, 0) is 26.2 Å². The molecule has 0 unspecified atom stereocenters. The van der Waals surface area contributed by atoms with Crippen molar-refractivity contribution in [3.8, 4) is 0 Å². The van der Waals surface area contributed by atoms with Gasteiger partial charge >= 0.3 is 6.09 Å². The first kappa shape index (κ1) is 19.3. The van der Waals surface area contributed by atoms with Crippen molar-refractivity contribution in [1.82, 2.24) is 9.21 Å². The molecule has 3 atom stereocenters. The normalized spacial score (nSPS) is 27.6. The number of carbonyl (C=O) groups is 2. The lowest BCUT2D eigenvalue weighted by Gasteiger charge is -2.30. The number of allylic oxidation sites excluding steroid dienone is 1. The second-order valence-electron chi connectivity index (χ2n) is 6.75. The van der Waals surface area contributed by atoms with Gasteiger partial charge in [0.25, 0.3) is 5.91 Å². The zero-order chi connectivity index (χ0) is 19.8. The summed E-state index contributed by atoms with van der Waals surface area (Å²) in [6.07, 6.45) is 1.07. The van der Waals surface area contributed by atoms with Crippen molar-refractivity contribution in [2.24, 2.45) is 0 Å². The van der Waals surface area contributed by atoms with Gasteiger partial charge in [0.15, 0.2) is 0 Å². The van der Waals surface area contributed by atoms with Crippen molar-refractivity contribution in [3.63, 3.8) is 0 Å². The Hall–Kier alpha value is -2.42. The Kier molecular flexibility index (Phi) is 4.98. The van der Waals surface area contributed by atoms with Gasteiger partial charge in [0, 0.05) is 13.0 Å². The molecule has 0 aromatic heterocycles. The number of rotatable bonds is 5. The summed E-state index contributed by atoms with van der Waals surface area (Å²) in [4.78, 5) is 26.2. The Morgan fingerprint density at radius 3 is 2.67 bits per heavy atom. The Morgan fingerprint density at radius 2 is 2.07 bits per heavy atom. The maximum Gasteiger partial charge on any atom is 0.410 e. The van der Waals surface area contributed by atoms with Crippen LogP contribution >= 0.6 is 0 Å². The third kappa shape index (κ3) is 3.31. The van der Waals surface area contributed by atoms with E-state index in [1.54, 1.807) is 24.3 Å². The number of carbonyl (C=O) groups excluding carboxylic acids is 2. The molecule has 0 aliphatic carbocycles. The van der Waals surface area contributed by atoms with Crippen LogP contribution in [0.5, 0.6) is 0 Å². The van der Waals surface area contributed by atoms with Gasteiger partial charge in [-0.2, -0.15) is 0 Å². The molecule has 2 saturated heterocycles. The molecule has 2 aliphatic rings. The van der Waals surface area contributed by atoms with Crippen LogP contribution in [-0.4, -0.2) is 60.2 Å². The third-order valence-electron chi connectivity index (χ3n) is 4.93. The number of halogens is 1. The van der Waals surface area contributed by atoms with E-state index in [0.29, 0.717) is 4.31 Å². The van der Waals surface area contributed by atoms with Gasteiger partial charge in [-0.15, -0.1) is 6.58 Å². The van der Waals surface area contributed by atoms with Gasteiger partial charge in [-0.05, 0) is 12.0 Å². The molecule has 7 nitrogen and oxygen atoms in total. The van der Waals surface area contributed by atoms with Crippen molar-refractivity contribution in [1.29, 1.82) is 0 Å². The van der Waals surface area contributed by atoms with Gasteiger partial charge in [-0.3, -0.25) is 9.69 Å². The monoisotopic (exact) mass is 396 g/mol. The summed E-state index contributed by atoms with van der Waals surface area (Å²) in [6.45, 7) is 3.56. The SMILES string of the molecule is C=CC[C@@]1(F)C(=O)N(S(C)(=O)=O)[C@H]2CCN(C(=O)OCc3ccccc3)[C@@H]21. The lowest BCUT2D eigenvalue weighted by molar-refractivity contribution is -0.135. The molecule has 2 heterocycles. The molecule has 9 heteroatoms. The molecule has 0 saturated carbocycles. The molecule has 0 bridgehead atoms. The lowest BCUT2D eigenvalue weighted by Crippen LogP contribution is -2.51. The maximum absolute atomic E-state index is 15.6. The minimum Gasteiger partial charge on any atom is -0.445 e. The standard InChI is InChI=1S/C18H21FN2O5S/c1-3-10-18(19)15-14(21(16(18)22)27(2,24)25)9-11-20(15)17(23)26-12-13-7-5-4-6-8-13/h3-8,14-15H,1,9-12H2,2H3/t14-,15-,18-/m0/s1. The molecule has 0 spiro atoms. The topological polar surface area (TPSA) is 84.0 Å². The minimum absolute atomic E-state index is 0.00194. The van der Waals surface area contributed by atoms with Crippen molar-refractivity contribution in [2.45, 2.75) is 37.2 Å². The van der Waals surface area contributed by atoms with Crippen molar-refractivity contribution in [2.75, 3.05) is 12.8 Å². The molecule has 0 radical (unpaired) electrons. The van der Waals surface area contributed by atoms with Crippen LogP contribution in [0.1, 0.15) is 18.4 Å². The second-order valence-corrected chi connectivity index (χ2v) is 8.61. The van der Waals surface area contributed by atoms with E-state index in [0.717, 1.165) is 16.7 Å². The summed E-state index contributed by atoms with van der Waals surface area (Å²) in [5.74, 6) is -1.15. The van der Waals surface area contributed by atoms with Crippen LogP contribution in [0, 0.1) is 0 Å². The first-order chi connectivity index (χ1) is 12.7. The molecule has 27 heavy (non-hydrogen) atoms. The molecule has 2 aliphatic heterocycles. The minimum atomic E-state index is -3.97. The lowest BCUT2D eigenvalue weighted by atomic mass is 9.92. The highest BCUT2D eigenvalue weighted by Crippen LogP contribution is 2.44. The van der Waals surface area contributed by atoms with Crippen LogP contribution in [0.25, 0.3) is 0 Å². The summed E-state index contributed by atoms with van der Waals surface area (Å²) in [7, 11) is -3.97. The molecule has 3 rings (SSSR count). The largest absolute Gasteiger partial charge is 0.445 e. The predicted octanol–water partition coefficient (Wildman–Crippen LogP) is 1.85. The first-order valence-corrected chi connectivity index (χ1v) is 10.4. The second kappa shape index (κ2) is 6.95. The van der Waals surface area contributed by atoms with Crippen LogP contribution in [0.15, 0.2) is 43.0 Å². The maximum atomic E-state index is 15.6. The fourth-order valence-corrected chi connectivity index (χ4v) is 5.02. The zero-order valence-corrected chi connectivity index (χ0v) is 15.7. The summed E-state index contributed by atoms with van der Waals surface area (Å²) in [5, 5.41) is 0. The number of amides is 2. The highest BCUT2D eigenvalue weighted by Gasteiger charge is 2.67. The van der Waals surface area contributed by atoms with Gasteiger partial charge in [-0.25, -0.2) is 21.9 Å². The molecule has 2 fully saturated rings. The van der Waals surface area contributed by atoms with Crippen molar-refractivity contribution in [3.05, 3.63) is 48.6 Å². The van der Waals surface area contributed by atoms with E-state index in [4.69, 9.17) is 4.74 Å². The van der Waals surface area contributed by atoms with Crippen LogP contribution < -0.4 is 0 Å². The van der Waals surface area contributed by atoms with E-state index in [1.165, 1.54) is 6.08 Å².